The summed E-state index contributed by atoms with van der Waals surface area (Å²) in [5.74, 6) is -2.35. The van der Waals surface area contributed by atoms with Crippen molar-refractivity contribution in [3.63, 3.8) is 0 Å². The minimum absolute atomic E-state index is 0.170. The summed E-state index contributed by atoms with van der Waals surface area (Å²) in [4.78, 5) is 48.7. The third-order valence-corrected chi connectivity index (χ3v) is 3.05. The summed E-state index contributed by atoms with van der Waals surface area (Å²) in [5.41, 5.74) is -1.58. The lowest BCUT2D eigenvalue weighted by molar-refractivity contribution is -0.168. The van der Waals surface area contributed by atoms with Gasteiger partial charge < -0.3 is 14.3 Å². The number of imide groups is 1. The zero-order valence-electron chi connectivity index (χ0n) is 14.5. The van der Waals surface area contributed by atoms with Crippen LogP contribution in [0.2, 0.25) is 0 Å². The number of esters is 1. The fourth-order valence-electron chi connectivity index (χ4n) is 2.17. The lowest BCUT2D eigenvalue weighted by atomic mass is 9.93. The Morgan fingerprint density at radius 2 is 1.57 bits per heavy atom. The summed E-state index contributed by atoms with van der Waals surface area (Å²) in [7, 11) is 0. The van der Waals surface area contributed by atoms with E-state index < -0.39 is 41.1 Å². The molecule has 0 aromatic rings. The highest BCUT2D eigenvalue weighted by Crippen LogP contribution is 2.26. The third-order valence-electron chi connectivity index (χ3n) is 3.05. The smallest absolute Gasteiger partial charge is 0.417 e. The van der Waals surface area contributed by atoms with Gasteiger partial charge in [0.15, 0.2) is 0 Å². The topological polar surface area (TPSA) is 90.0 Å². The van der Waals surface area contributed by atoms with Gasteiger partial charge in [-0.15, -0.1) is 0 Å². The van der Waals surface area contributed by atoms with Crippen LogP contribution in [0.25, 0.3) is 0 Å². The first kappa shape index (κ1) is 19.1. The van der Waals surface area contributed by atoms with Gasteiger partial charge in [0.25, 0.3) is 0 Å². The van der Waals surface area contributed by atoms with E-state index in [2.05, 4.69) is 0 Å². The molecular weight excluding hydrogens is 302 g/mol. The Labute approximate surface area is 136 Å². The quantitative estimate of drug-likeness (QED) is 0.438. The van der Waals surface area contributed by atoms with Gasteiger partial charge in [0, 0.05) is 0 Å². The Bertz CT molecular complexity index is 500. The van der Waals surface area contributed by atoms with Crippen molar-refractivity contribution in [2.24, 2.45) is 5.92 Å². The number of likely N-dealkylation sites (tertiary alicyclic amines) is 1. The van der Waals surface area contributed by atoms with Crippen molar-refractivity contribution in [1.29, 1.82) is 0 Å². The van der Waals surface area contributed by atoms with Crippen molar-refractivity contribution in [2.45, 2.75) is 71.6 Å². The summed E-state index contributed by atoms with van der Waals surface area (Å²) in [5, 5.41) is 0. The molecule has 2 amide bonds. The van der Waals surface area contributed by atoms with Crippen molar-refractivity contribution in [3.05, 3.63) is 0 Å². The first-order chi connectivity index (χ1) is 10.4. The van der Waals surface area contributed by atoms with Crippen molar-refractivity contribution >= 4 is 24.3 Å². The van der Waals surface area contributed by atoms with Crippen molar-refractivity contribution < 1.29 is 28.7 Å². The molecule has 1 aliphatic rings. The second-order valence-electron chi connectivity index (χ2n) is 7.56. The molecule has 1 heterocycles. The van der Waals surface area contributed by atoms with E-state index in [1.165, 1.54) is 0 Å². The lowest BCUT2D eigenvalue weighted by Crippen LogP contribution is -2.56. The number of carbonyl (C=O) groups excluding carboxylic acids is 4. The SMILES string of the molecule is CC(C)(C)OC(=O)[C@@H]1CC[C@@H](C=O)C(=O)N1C(=O)OC(C)(C)C. The Morgan fingerprint density at radius 1 is 1.04 bits per heavy atom. The maximum Gasteiger partial charge on any atom is 0.417 e. The van der Waals surface area contributed by atoms with E-state index in [9.17, 15) is 19.2 Å². The molecule has 1 fully saturated rings. The average molecular weight is 327 g/mol. The lowest BCUT2D eigenvalue weighted by Gasteiger charge is -2.36. The Kier molecular flexibility index (Phi) is 5.56. The van der Waals surface area contributed by atoms with Crippen LogP contribution in [-0.4, -0.2) is 46.4 Å². The monoisotopic (exact) mass is 327 g/mol. The summed E-state index contributed by atoms with van der Waals surface area (Å²) < 4.78 is 10.5. The number of hydrogen-bond acceptors (Lipinski definition) is 6. The van der Waals surface area contributed by atoms with Gasteiger partial charge in [-0.3, -0.25) is 4.79 Å². The van der Waals surface area contributed by atoms with Crippen LogP contribution in [0, 0.1) is 5.92 Å². The number of ether oxygens (including phenoxy) is 2. The average Bonchev–Trinajstić information content (AvgIpc) is 2.33. The van der Waals surface area contributed by atoms with E-state index in [4.69, 9.17) is 9.47 Å². The van der Waals surface area contributed by atoms with Crippen LogP contribution < -0.4 is 0 Å². The number of amides is 2. The molecule has 0 saturated carbocycles. The highest BCUT2D eigenvalue weighted by atomic mass is 16.6. The molecule has 23 heavy (non-hydrogen) atoms. The van der Waals surface area contributed by atoms with E-state index in [-0.39, 0.29) is 12.8 Å². The number of piperidine rings is 1. The first-order valence-electron chi connectivity index (χ1n) is 7.60. The van der Waals surface area contributed by atoms with Crippen LogP contribution >= 0.6 is 0 Å². The summed E-state index contributed by atoms with van der Waals surface area (Å²) in [6.45, 7) is 10.0. The van der Waals surface area contributed by atoms with Gasteiger partial charge in [-0.05, 0) is 54.4 Å². The zero-order chi connectivity index (χ0) is 18.0. The molecule has 0 aromatic carbocycles. The predicted octanol–water partition coefficient (Wildman–Crippen LogP) is 2.07. The molecule has 2 atom stereocenters. The highest BCUT2D eigenvalue weighted by molar-refractivity contribution is 6.03. The number of carbonyl (C=O) groups is 4. The van der Waals surface area contributed by atoms with E-state index in [1.807, 2.05) is 0 Å². The number of rotatable bonds is 2. The van der Waals surface area contributed by atoms with Crippen molar-refractivity contribution in [3.8, 4) is 0 Å². The molecule has 0 unspecified atom stereocenters. The van der Waals surface area contributed by atoms with Gasteiger partial charge in [0.1, 0.15) is 23.5 Å². The molecule has 130 valence electrons. The molecule has 0 N–H and O–H groups in total. The molecule has 0 radical (unpaired) electrons. The molecule has 0 bridgehead atoms. The maximum absolute atomic E-state index is 12.4. The minimum Gasteiger partial charge on any atom is -0.458 e. The standard InChI is InChI=1S/C16H25NO6/c1-15(2,3)22-13(20)11-8-7-10(9-18)12(19)17(11)14(21)23-16(4,5)6/h9-11H,7-8H2,1-6H3/t10-,11-/m0/s1. The van der Waals surface area contributed by atoms with Gasteiger partial charge in [0.2, 0.25) is 5.91 Å². The second kappa shape index (κ2) is 6.68. The summed E-state index contributed by atoms with van der Waals surface area (Å²) >= 11 is 0. The molecule has 0 aromatic heterocycles. The third kappa shape index (κ3) is 5.33. The Morgan fingerprint density at radius 3 is 2.00 bits per heavy atom. The Balaban J connectivity index is 3.06. The van der Waals surface area contributed by atoms with Crippen LogP contribution in [0.1, 0.15) is 54.4 Å². The summed E-state index contributed by atoms with van der Waals surface area (Å²) in [6.07, 6.45) is -0.0789. The van der Waals surface area contributed by atoms with E-state index in [0.717, 1.165) is 4.90 Å². The van der Waals surface area contributed by atoms with Crippen molar-refractivity contribution in [1.82, 2.24) is 4.90 Å². The largest absolute Gasteiger partial charge is 0.458 e. The van der Waals surface area contributed by atoms with Crippen LogP contribution in [0.15, 0.2) is 0 Å². The fourth-order valence-corrected chi connectivity index (χ4v) is 2.17. The zero-order valence-corrected chi connectivity index (χ0v) is 14.5. The van der Waals surface area contributed by atoms with Crippen LogP contribution in [0.4, 0.5) is 4.79 Å². The predicted molar refractivity (Wildman–Crippen MR) is 81.5 cm³/mol. The molecular formula is C16H25NO6. The first-order valence-corrected chi connectivity index (χ1v) is 7.60. The number of aldehydes is 1. The number of hydrogen-bond donors (Lipinski definition) is 0. The highest BCUT2D eigenvalue weighted by Gasteiger charge is 2.45. The fraction of sp³-hybridized carbons (Fsp3) is 0.750. The molecule has 1 aliphatic heterocycles. The van der Waals surface area contributed by atoms with Gasteiger partial charge in [-0.25, -0.2) is 14.5 Å². The summed E-state index contributed by atoms with van der Waals surface area (Å²) in [6, 6.07) is -1.08. The van der Waals surface area contributed by atoms with Crippen LogP contribution in [0.3, 0.4) is 0 Å². The molecule has 7 nitrogen and oxygen atoms in total. The minimum atomic E-state index is -1.08. The molecule has 1 saturated heterocycles. The van der Waals surface area contributed by atoms with Crippen molar-refractivity contribution in [2.75, 3.05) is 0 Å². The molecule has 0 aliphatic carbocycles. The van der Waals surface area contributed by atoms with E-state index in [1.54, 1.807) is 41.5 Å². The van der Waals surface area contributed by atoms with Gasteiger partial charge in [0.05, 0.1) is 5.92 Å². The molecule has 7 heteroatoms. The van der Waals surface area contributed by atoms with Gasteiger partial charge in [-0.1, -0.05) is 0 Å². The Hall–Kier alpha value is -1.92. The van der Waals surface area contributed by atoms with Gasteiger partial charge >= 0.3 is 12.1 Å². The molecule has 1 rings (SSSR count). The normalized spacial score (nSPS) is 22.5. The molecule has 0 spiro atoms. The van der Waals surface area contributed by atoms with Crippen LogP contribution in [0.5, 0.6) is 0 Å². The van der Waals surface area contributed by atoms with Crippen LogP contribution in [-0.2, 0) is 23.9 Å². The second-order valence-corrected chi connectivity index (χ2v) is 7.56. The van der Waals surface area contributed by atoms with E-state index >= 15 is 0 Å². The maximum atomic E-state index is 12.4. The van der Waals surface area contributed by atoms with Gasteiger partial charge in [-0.2, -0.15) is 0 Å². The van der Waals surface area contributed by atoms with E-state index in [0.29, 0.717) is 6.29 Å². The number of nitrogens with zero attached hydrogens (tertiary/aromatic N) is 1.